The van der Waals surface area contributed by atoms with Crippen LogP contribution in [0.4, 0.5) is 0 Å². The van der Waals surface area contributed by atoms with Crippen molar-refractivity contribution >= 4 is 11.8 Å². The Kier molecular flexibility index (Phi) is 6.37. The van der Waals surface area contributed by atoms with E-state index in [1.807, 2.05) is 54.6 Å². The molecule has 24 heavy (non-hydrogen) atoms. The molecular weight excluding hydrogens is 304 g/mol. The van der Waals surface area contributed by atoms with E-state index in [1.165, 1.54) is 6.92 Å². The molecule has 0 aliphatic heterocycles. The summed E-state index contributed by atoms with van der Waals surface area (Å²) in [5.41, 5.74) is 1.86. The molecule has 0 saturated carbocycles. The summed E-state index contributed by atoms with van der Waals surface area (Å²) in [6.45, 7) is 1.86. The molecule has 2 aromatic rings. The number of hydrogen-bond acceptors (Lipinski definition) is 3. The molecule has 0 fully saturated rings. The van der Waals surface area contributed by atoms with Gasteiger partial charge in [0, 0.05) is 13.5 Å². The Bertz CT molecular complexity index is 686. The van der Waals surface area contributed by atoms with Crippen molar-refractivity contribution in [3.05, 3.63) is 65.7 Å². The maximum atomic E-state index is 12.2. The van der Waals surface area contributed by atoms with Gasteiger partial charge < -0.3 is 15.4 Å². The van der Waals surface area contributed by atoms with Crippen molar-refractivity contribution in [3.63, 3.8) is 0 Å². The van der Waals surface area contributed by atoms with Crippen LogP contribution < -0.4 is 15.4 Å². The molecule has 0 saturated heterocycles. The maximum absolute atomic E-state index is 12.2. The fourth-order valence-electron chi connectivity index (χ4n) is 2.42. The molecule has 0 aliphatic carbocycles. The van der Waals surface area contributed by atoms with Crippen molar-refractivity contribution in [1.29, 1.82) is 0 Å². The average molecular weight is 326 g/mol. The quantitative estimate of drug-likeness (QED) is 0.822. The highest BCUT2D eigenvalue weighted by atomic mass is 16.5. The van der Waals surface area contributed by atoms with E-state index < -0.39 is 0 Å². The summed E-state index contributed by atoms with van der Waals surface area (Å²) in [4.78, 5) is 23.6. The van der Waals surface area contributed by atoms with E-state index in [2.05, 4.69) is 10.6 Å². The van der Waals surface area contributed by atoms with Crippen LogP contribution in [0.25, 0.3) is 0 Å². The smallest absolute Gasteiger partial charge is 0.222 e. The van der Waals surface area contributed by atoms with Gasteiger partial charge in [-0.15, -0.1) is 0 Å². The molecule has 2 N–H and O–H groups in total. The van der Waals surface area contributed by atoms with Crippen LogP contribution in [0.15, 0.2) is 54.6 Å². The van der Waals surface area contributed by atoms with Crippen LogP contribution in [0, 0.1) is 0 Å². The fraction of sp³-hybridized carbons (Fsp3) is 0.263. The van der Waals surface area contributed by atoms with Gasteiger partial charge in [0.15, 0.2) is 0 Å². The Morgan fingerprint density at radius 1 is 1.08 bits per heavy atom. The molecule has 0 aliphatic rings. The van der Waals surface area contributed by atoms with Gasteiger partial charge in [-0.25, -0.2) is 0 Å². The lowest BCUT2D eigenvalue weighted by Gasteiger charge is -2.18. The van der Waals surface area contributed by atoms with Gasteiger partial charge >= 0.3 is 0 Å². The lowest BCUT2D eigenvalue weighted by atomic mass is 10.0. The highest BCUT2D eigenvalue weighted by Gasteiger charge is 2.16. The van der Waals surface area contributed by atoms with Crippen LogP contribution in [-0.2, 0) is 16.1 Å². The lowest BCUT2D eigenvalue weighted by molar-refractivity contribution is -0.122. The third-order valence-corrected chi connectivity index (χ3v) is 3.59. The first kappa shape index (κ1) is 17.5. The van der Waals surface area contributed by atoms with Crippen molar-refractivity contribution in [2.24, 2.45) is 0 Å². The first-order valence-corrected chi connectivity index (χ1v) is 7.80. The summed E-state index contributed by atoms with van der Waals surface area (Å²) in [5.74, 6) is 0.465. The molecule has 0 radical (unpaired) electrons. The molecule has 0 spiro atoms. The zero-order valence-corrected chi connectivity index (χ0v) is 13.9. The molecule has 2 rings (SSSR count). The van der Waals surface area contributed by atoms with Gasteiger partial charge in [0.25, 0.3) is 0 Å². The molecule has 0 unspecified atom stereocenters. The molecule has 0 heterocycles. The Morgan fingerprint density at radius 3 is 2.50 bits per heavy atom. The number of ether oxygens (including phenoxy) is 1. The first-order chi connectivity index (χ1) is 11.6. The summed E-state index contributed by atoms with van der Waals surface area (Å²) in [7, 11) is 1.61. The second kappa shape index (κ2) is 8.72. The van der Waals surface area contributed by atoms with E-state index >= 15 is 0 Å². The Morgan fingerprint density at radius 2 is 1.83 bits per heavy atom. The van der Waals surface area contributed by atoms with Gasteiger partial charge in [-0.1, -0.05) is 42.5 Å². The van der Waals surface area contributed by atoms with Gasteiger partial charge in [0.1, 0.15) is 5.75 Å². The van der Waals surface area contributed by atoms with Gasteiger partial charge in [-0.05, 0) is 23.3 Å². The zero-order valence-electron chi connectivity index (χ0n) is 13.9. The third-order valence-electron chi connectivity index (χ3n) is 3.59. The van der Waals surface area contributed by atoms with E-state index in [1.54, 1.807) is 7.11 Å². The number of amides is 2. The van der Waals surface area contributed by atoms with Crippen molar-refractivity contribution < 1.29 is 14.3 Å². The highest BCUT2D eigenvalue weighted by molar-refractivity contribution is 5.79. The Labute approximate surface area is 142 Å². The second-order valence-corrected chi connectivity index (χ2v) is 5.50. The number of benzene rings is 2. The van der Waals surface area contributed by atoms with Gasteiger partial charge in [-0.3, -0.25) is 9.59 Å². The number of methoxy groups -OCH3 is 1. The third kappa shape index (κ3) is 5.43. The number of carbonyl (C=O) groups excluding carboxylic acids is 2. The lowest BCUT2D eigenvalue weighted by Crippen LogP contribution is -2.32. The van der Waals surface area contributed by atoms with E-state index in [4.69, 9.17) is 4.74 Å². The van der Waals surface area contributed by atoms with Crippen molar-refractivity contribution in [3.8, 4) is 5.75 Å². The summed E-state index contributed by atoms with van der Waals surface area (Å²) in [5, 5.41) is 5.70. The van der Waals surface area contributed by atoms with Crippen LogP contribution in [0.3, 0.4) is 0 Å². The Balaban J connectivity index is 1.96. The van der Waals surface area contributed by atoms with Crippen LogP contribution in [0.5, 0.6) is 5.75 Å². The number of rotatable bonds is 7. The summed E-state index contributed by atoms with van der Waals surface area (Å²) in [6.07, 6.45) is 0.188. The zero-order chi connectivity index (χ0) is 17.4. The minimum atomic E-state index is -0.339. The van der Waals surface area contributed by atoms with Crippen LogP contribution in [0.1, 0.15) is 30.5 Å². The minimum absolute atomic E-state index is 0.125. The van der Waals surface area contributed by atoms with Gasteiger partial charge in [0.2, 0.25) is 11.8 Å². The monoisotopic (exact) mass is 326 g/mol. The van der Waals surface area contributed by atoms with E-state index in [-0.39, 0.29) is 24.3 Å². The van der Waals surface area contributed by atoms with Gasteiger partial charge in [0.05, 0.1) is 19.6 Å². The fourth-order valence-corrected chi connectivity index (χ4v) is 2.42. The van der Waals surface area contributed by atoms with E-state index in [0.717, 1.165) is 16.9 Å². The van der Waals surface area contributed by atoms with Crippen molar-refractivity contribution in [1.82, 2.24) is 10.6 Å². The predicted octanol–water partition coefficient (Wildman–Crippen LogP) is 2.58. The van der Waals surface area contributed by atoms with Crippen molar-refractivity contribution in [2.45, 2.75) is 25.9 Å². The molecule has 2 aromatic carbocycles. The Hall–Kier alpha value is -2.82. The molecular formula is C19H22N2O3. The molecule has 1 atom stereocenters. The first-order valence-electron chi connectivity index (χ1n) is 7.80. The molecule has 126 valence electrons. The maximum Gasteiger partial charge on any atom is 0.222 e. The number of nitrogens with one attached hydrogen (secondary N) is 2. The van der Waals surface area contributed by atoms with Crippen LogP contribution in [-0.4, -0.2) is 18.9 Å². The SMILES string of the molecule is COc1cccc(CNC(=O)C[C@@H](NC(C)=O)c2ccccc2)c1. The normalized spacial score (nSPS) is 11.4. The number of carbonyl (C=O) groups is 2. The molecule has 5 heteroatoms. The van der Waals surface area contributed by atoms with E-state index in [9.17, 15) is 9.59 Å². The number of hydrogen-bond donors (Lipinski definition) is 2. The van der Waals surface area contributed by atoms with Crippen LogP contribution >= 0.6 is 0 Å². The average Bonchev–Trinajstić information content (AvgIpc) is 2.60. The topological polar surface area (TPSA) is 67.4 Å². The van der Waals surface area contributed by atoms with Crippen LogP contribution in [0.2, 0.25) is 0 Å². The highest BCUT2D eigenvalue weighted by Crippen LogP contribution is 2.17. The second-order valence-electron chi connectivity index (χ2n) is 5.50. The van der Waals surface area contributed by atoms with E-state index in [0.29, 0.717) is 6.54 Å². The summed E-state index contributed by atoms with van der Waals surface area (Å²) < 4.78 is 5.17. The summed E-state index contributed by atoms with van der Waals surface area (Å²) in [6, 6.07) is 16.7. The predicted molar refractivity (Wildman–Crippen MR) is 92.5 cm³/mol. The summed E-state index contributed by atoms with van der Waals surface area (Å²) >= 11 is 0. The largest absolute Gasteiger partial charge is 0.497 e. The minimum Gasteiger partial charge on any atom is -0.497 e. The molecule has 0 aromatic heterocycles. The molecule has 2 amide bonds. The van der Waals surface area contributed by atoms with Crippen molar-refractivity contribution in [2.75, 3.05) is 7.11 Å². The molecule has 5 nitrogen and oxygen atoms in total. The van der Waals surface area contributed by atoms with Gasteiger partial charge in [-0.2, -0.15) is 0 Å². The molecule has 0 bridgehead atoms. The standard InChI is InChI=1S/C19H22N2O3/c1-14(22)21-18(16-8-4-3-5-9-16)12-19(23)20-13-15-7-6-10-17(11-15)24-2/h3-11,18H,12-13H2,1-2H3,(H,20,23)(H,21,22)/t18-/m1/s1.